The number of carbonyl (C=O) groups excluding carboxylic acids is 1. The van der Waals surface area contributed by atoms with Gasteiger partial charge in [0.25, 0.3) is 0 Å². The molecule has 6 heteroatoms. The first kappa shape index (κ1) is 23.2. The molecule has 0 saturated heterocycles. The Hall–Kier alpha value is -3.51. The molecule has 6 nitrogen and oxygen atoms in total. The first-order valence-electron chi connectivity index (χ1n) is 10.6. The van der Waals surface area contributed by atoms with Crippen LogP contribution in [-0.2, 0) is 15.1 Å². The van der Waals surface area contributed by atoms with E-state index in [-0.39, 0.29) is 4.92 Å². The van der Waals surface area contributed by atoms with Crippen molar-refractivity contribution in [3.05, 3.63) is 118 Å². The second kappa shape index (κ2) is 10.7. The van der Waals surface area contributed by atoms with Crippen LogP contribution in [0.15, 0.2) is 96.6 Å². The molecule has 2 aromatic carbocycles. The second-order valence-electron chi connectivity index (χ2n) is 7.83. The number of esters is 1. The molecule has 0 fully saturated rings. The molecule has 166 valence electrons. The van der Waals surface area contributed by atoms with E-state index in [9.17, 15) is 20.0 Å². The van der Waals surface area contributed by atoms with Gasteiger partial charge in [0.15, 0.2) is 0 Å². The van der Waals surface area contributed by atoms with Gasteiger partial charge < -0.3 is 9.84 Å². The van der Waals surface area contributed by atoms with Crippen LogP contribution >= 0.6 is 0 Å². The molecule has 32 heavy (non-hydrogen) atoms. The topological polar surface area (TPSA) is 89.7 Å². The SMILES string of the molecule is C[C@H](/C=C\C(O)(c1ccccc1)c1ccccc1)OC(=O)/C=C/C1=CCCC([N+](=O)[O-])C1. The third kappa shape index (κ3) is 6.02. The number of benzene rings is 2. The van der Waals surface area contributed by atoms with Gasteiger partial charge in [0, 0.05) is 23.8 Å². The van der Waals surface area contributed by atoms with Crippen LogP contribution in [0, 0.1) is 10.1 Å². The van der Waals surface area contributed by atoms with Gasteiger partial charge in [0.05, 0.1) is 0 Å². The molecule has 0 spiro atoms. The smallest absolute Gasteiger partial charge is 0.331 e. The summed E-state index contributed by atoms with van der Waals surface area (Å²) in [5.41, 5.74) is 0.792. The van der Waals surface area contributed by atoms with Crippen LogP contribution in [0.4, 0.5) is 0 Å². The Bertz CT molecular complexity index is 972. The molecule has 0 heterocycles. The van der Waals surface area contributed by atoms with Crippen molar-refractivity contribution in [1.82, 2.24) is 0 Å². The van der Waals surface area contributed by atoms with Gasteiger partial charge in [-0.3, -0.25) is 10.1 Å². The highest BCUT2D eigenvalue weighted by molar-refractivity contribution is 5.82. The maximum Gasteiger partial charge on any atom is 0.331 e. The highest BCUT2D eigenvalue weighted by atomic mass is 16.6. The van der Waals surface area contributed by atoms with Gasteiger partial charge in [-0.25, -0.2) is 4.79 Å². The van der Waals surface area contributed by atoms with E-state index in [0.29, 0.717) is 30.4 Å². The molecule has 0 radical (unpaired) electrons. The molecule has 1 aliphatic carbocycles. The van der Waals surface area contributed by atoms with Gasteiger partial charge in [-0.1, -0.05) is 72.8 Å². The molecule has 0 bridgehead atoms. The largest absolute Gasteiger partial charge is 0.455 e. The molecule has 0 aromatic heterocycles. The Balaban J connectivity index is 1.67. The Kier molecular flexibility index (Phi) is 7.73. The first-order chi connectivity index (χ1) is 15.4. The quantitative estimate of drug-likeness (QED) is 0.214. The number of hydrogen-bond acceptors (Lipinski definition) is 5. The Morgan fingerprint density at radius 1 is 1.16 bits per heavy atom. The highest BCUT2D eigenvalue weighted by Gasteiger charge is 2.28. The second-order valence-corrected chi connectivity index (χ2v) is 7.83. The number of nitro groups is 1. The zero-order valence-electron chi connectivity index (χ0n) is 18.0. The number of aliphatic hydroxyl groups is 1. The van der Waals surface area contributed by atoms with Crippen molar-refractivity contribution in [1.29, 1.82) is 0 Å². The summed E-state index contributed by atoms with van der Waals surface area (Å²) < 4.78 is 5.40. The van der Waals surface area contributed by atoms with E-state index < -0.39 is 23.7 Å². The normalized spacial score (nSPS) is 17.8. The van der Waals surface area contributed by atoms with Gasteiger partial charge in [0.1, 0.15) is 11.7 Å². The lowest BCUT2D eigenvalue weighted by Crippen LogP contribution is -2.25. The van der Waals surface area contributed by atoms with E-state index in [1.165, 1.54) is 6.08 Å². The predicted molar refractivity (Wildman–Crippen MR) is 122 cm³/mol. The summed E-state index contributed by atoms with van der Waals surface area (Å²) in [7, 11) is 0. The predicted octanol–water partition coefficient (Wildman–Crippen LogP) is 4.72. The number of nitrogens with zero attached hydrogens (tertiary/aromatic N) is 1. The van der Waals surface area contributed by atoms with Crippen LogP contribution in [0.5, 0.6) is 0 Å². The Labute approximate surface area is 187 Å². The van der Waals surface area contributed by atoms with E-state index in [0.717, 1.165) is 5.57 Å². The van der Waals surface area contributed by atoms with Crippen LogP contribution in [0.25, 0.3) is 0 Å². The number of allylic oxidation sites excluding steroid dienone is 2. The summed E-state index contributed by atoms with van der Waals surface area (Å²) in [6.45, 7) is 1.71. The van der Waals surface area contributed by atoms with Crippen molar-refractivity contribution in [2.75, 3.05) is 0 Å². The van der Waals surface area contributed by atoms with Crippen molar-refractivity contribution in [3.63, 3.8) is 0 Å². The molecule has 1 unspecified atom stereocenters. The van der Waals surface area contributed by atoms with E-state index in [2.05, 4.69) is 0 Å². The van der Waals surface area contributed by atoms with Gasteiger partial charge in [-0.05, 0) is 42.2 Å². The summed E-state index contributed by atoms with van der Waals surface area (Å²) in [4.78, 5) is 22.9. The van der Waals surface area contributed by atoms with Crippen molar-refractivity contribution in [2.45, 2.75) is 43.9 Å². The van der Waals surface area contributed by atoms with Crippen LogP contribution in [0.3, 0.4) is 0 Å². The van der Waals surface area contributed by atoms with Crippen LogP contribution < -0.4 is 0 Å². The summed E-state index contributed by atoms with van der Waals surface area (Å²) in [6, 6.07) is 17.9. The van der Waals surface area contributed by atoms with Gasteiger partial charge in [-0.15, -0.1) is 0 Å². The molecule has 0 aliphatic heterocycles. The van der Waals surface area contributed by atoms with E-state index in [1.807, 2.05) is 66.7 Å². The standard InChI is InChI=1S/C26H27NO5/c1-20(32-25(28)16-15-21-9-8-14-24(19-21)27(30)31)17-18-26(29,22-10-4-2-5-11-22)23-12-6-3-7-13-23/h2-7,9-13,15-18,20,24,29H,8,14,19H2,1H3/b16-15+,18-17-/t20-,24?/m1/s1. The van der Waals surface area contributed by atoms with Crippen LogP contribution in [0.2, 0.25) is 0 Å². The van der Waals surface area contributed by atoms with Crippen molar-refractivity contribution >= 4 is 5.97 Å². The highest BCUT2D eigenvalue weighted by Crippen LogP contribution is 2.31. The van der Waals surface area contributed by atoms with E-state index in [1.54, 1.807) is 25.2 Å². The van der Waals surface area contributed by atoms with Gasteiger partial charge >= 0.3 is 5.97 Å². The fraction of sp³-hybridized carbons (Fsp3) is 0.269. The average molecular weight is 434 g/mol. The number of ether oxygens (including phenoxy) is 1. The molecule has 1 N–H and O–H groups in total. The van der Waals surface area contributed by atoms with Crippen molar-refractivity contribution in [2.24, 2.45) is 0 Å². The summed E-state index contributed by atoms with van der Waals surface area (Å²) >= 11 is 0. The maximum absolute atomic E-state index is 12.2. The van der Waals surface area contributed by atoms with E-state index in [4.69, 9.17) is 4.74 Å². The molecular weight excluding hydrogens is 406 g/mol. The molecule has 0 saturated carbocycles. The average Bonchev–Trinajstić information content (AvgIpc) is 2.82. The molecule has 1 aliphatic rings. The lowest BCUT2D eigenvalue weighted by molar-refractivity contribution is -0.523. The monoisotopic (exact) mass is 433 g/mol. The molecule has 2 aromatic rings. The molecule has 0 amide bonds. The third-order valence-corrected chi connectivity index (χ3v) is 5.45. The minimum atomic E-state index is -1.37. The van der Waals surface area contributed by atoms with E-state index >= 15 is 0 Å². The number of carbonyl (C=O) groups is 1. The zero-order chi connectivity index (χ0) is 23.0. The minimum Gasteiger partial charge on any atom is -0.455 e. The summed E-state index contributed by atoms with van der Waals surface area (Å²) in [5, 5.41) is 22.5. The fourth-order valence-corrected chi connectivity index (χ4v) is 3.69. The van der Waals surface area contributed by atoms with Crippen LogP contribution in [-0.4, -0.2) is 28.1 Å². The lowest BCUT2D eigenvalue weighted by Gasteiger charge is -2.26. The van der Waals surface area contributed by atoms with Crippen LogP contribution in [0.1, 0.15) is 37.3 Å². The van der Waals surface area contributed by atoms with Crippen molar-refractivity contribution < 1.29 is 19.6 Å². The Morgan fingerprint density at radius 2 is 1.75 bits per heavy atom. The Morgan fingerprint density at radius 3 is 2.31 bits per heavy atom. The molecular formula is C26H27NO5. The number of rotatable bonds is 8. The first-order valence-corrected chi connectivity index (χ1v) is 10.6. The van der Waals surface area contributed by atoms with Crippen molar-refractivity contribution in [3.8, 4) is 0 Å². The maximum atomic E-state index is 12.2. The minimum absolute atomic E-state index is 0.271. The third-order valence-electron chi connectivity index (χ3n) is 5.45. The molecule has 3 rings (SSSR count). The molecule has 2 atom stereocenters. The summed E-state index contributed by atoms with van der Waals surface area (Å²) in [5.74, 6) is -0.547. The zero-order valence-corrected chi connectivity index (χ0v) is 18.0. The fourth-order valence-electron chi connectivity index (χ4n) is 3.69. The summed E-state index contributed by atoms with van der Waals surface area (Å²) in [6.07, 6.45) is 8.93. The van der Waals surface area contributed by atoms with Gasteiger partial charge in [0.2, 0.25) is 6.04 Å². The number of hydrogen-bond donors (Lipinski definition) is 1. The van der Waals surface area contributed by atoms with Gasteiger partial charge in [-0.2, -0.15) is 0 Å². The lowest BCUT2D eigenvalue weighted by atomic mass is 9.86.